The predicted molar refractivity (Wildman–Crippen MR) is 222 cm³/mol. The van der Waals surface area contributed by atoms with Gasteiger partial charge in [0.25, 0.3) is 5.56 Å². The fraction of sp³-hybridized carbons (Fsp3) is 0. The zero-order chi connectivity index (χ0) is 36.5. The molecule has 7 nitrogen and oxygen atoms in total. The fourth-order valence-electron chi connectivity index (χ4n) is 8.18. The third kappa shape index (κ3) is 4.70. The van der Waals surface area contributed by atoms with Crippen molar-refractivity contribution < 1.29 is 0 Å². The van der Waals surface area contributed by atoms with E-state index in [0.717, 1.165) is 71.6 Å². The van der Waals surface area contributed by atoms with Gasteiger partial charge in [-0.1, -0.05) is 133 Å². The monoisotopic (exact) mass is 706 g/mol. The van der Waals surface area contributed by atoms with E-state index in [-0.39, 0.29) is 5.56 Å². The first-order valence-electron chi connectivity index (χ1n) is 18.3. The quantitative estimate of drug-likeness (QED) is 0.179. The van der Waals surface area contributed by atoms with Crippen LogP contribution in [-0.4, -0.2) is 28.7 Å². The van der Waals surface area contributed by atoms with Crippen LogP contribution >= 0.6 is 0 Å². The molecule has 0 saturated carbocycles. The molecule has 0 saturated heterocycles. The third-order valence-electron chi connectivity index (χ3n) is 10.5. The molecule has 0 aliphatic carbocycles. The van der Waals surface area contributed by atoms with Gasteiger partial charge in [-0.15, -0.1) is 0 Å². The van der Waals surface area contributed by atoms with E-state index in [2.05, 4.69) is 57.7 Å². The van der Waals surface area contributed by atoms with Gasteiger partial charge < -0.3 is 4.57 Å². The Balaban J connectivity index is 1.33. The lowest BCUT2D eigenvalue weighted by atomic mass is 10.0. The van der Waals surface area contributed by atoms with Crippen LogP contribution in [0.5, 0.6) is 0 Å². The predicted octanol–water partition coefficient (Wildman–Crippen LogP) is 10.7. The van der Waals surface area contributed by atoms with Crippen molar-refractivity contribution in [2.24, 2.45) is 0 Å². The molecule has 0 spiro atoms. The van der Waals surface area contributed by atoms with Crippen molar-refractivity contribution in [1.29, 1.82) is 0 Å². The van der Waals surface area contributed by atoms with E-state index >= 15 is 4.79 Å². The number of pyridine rings is 1. The molecule has 0 radical (unpaired) electrons. The Labute approximate surface area is 314 Å². The highest BCUT2D eigenvalue weighted by atomic mass is 16.1. The Morgan fingerprint density at radius 2 is 0.800 bits per heavy atom. The Morgan fingerprint density at radius 3 is 1.38 bits per heavy atom. The van der Waals surface area contributed by atoms with Crippen LogP contribution in [0.15, 0.2) is 187 Å². The molecule has 7 heteroatoms. The summed E-state index contributed by atoms with van der Waals surface area (Å²) in [5.74, 6) is 1.65. The molecule has 0 N–H and O–H groups in total. The molecular formula is C48H30N6O. The van der Waals surface area contributed by atoms with Crippen LogP contribution in [0.25, 0.3) is 94.6 Å². The molecule has 0 bridgehead atoms. The average Bonchev–Trinajstić information content (AvgIpc) is 3.79. The topological polar surface area (TPSA) is 70.5 Å². The molecule has 0 fully saturated rings. The summed E-state index contributed by atoms with van der Waals surface area (Å²) in [5, 5.41) is 4.47. The lowest BCUT2D eigenvalue weighted by molar-refractivity contribution is 0.953. The Hall–Kier alpha value is -7.64. The van der Waals surface area contributed by atoms with Crippen molar-refractivity contribution in [3.05, 3.63) is 192 Å². The van der Waals surface area contributed by atoms with E-state index in [1.54, 1.807) is 0 Å². The Kier molecular flexibility index (Phi) is 6.87. The highest BCUT2D eigenvalue weighted by molar-refractivity contribution is 6.31. The van der Waals surface area contributed by atoms with Crippen molar-refractivity contribution in [3.63, 3.8) is 0 Å². The summed E-state index contributed by atoms with van der Waals surface area (Å²) >= 11 is 0. The summed E-state index contributed by atoms with van der Waals surface area (Å²) in [6, 6.07) is 61.0. The number of benzene rings is 7. The van der Waals surface area contributed by atoms with Crippen molar-refractivity contribution in [2.75, 3.05) is 0 Å². The lowest BCUT2D eigenvalue weighted by Crippen LogP contribution is -2.19. The summed E-state index contributed by atoms with van der Waals surface area (Å²) < 4.78 is 6.22. The molecule has 11 aromatic rings. The molecule has 0 unspecified atom stereocenters. The molecular weight excluding hydrogens is 677 g/mol. The number of hydrogen-bond donors (Lipinski definition) is 0. The van der Waals surface area contributed by atoms with Gasteiger partial charge >= 0.3 is 0 Å². The van der Waals surface area contributed by atoms with E-state index in [9.17, 15) is 0 Å². The standard InChI is InChI=1S/C48H30N6O/c55-47-43-42-40(52(33-21-9-3-10-22-33)44(43)36-26-14-16-28-38(36)53(47)34-23-11-4-12-24-34)30-29-39-41(42)35-25-13-15-27-37(35)54(39)48-50-45(31-17-5-1-6-18-31)49-46(51-48)32-19-7-2-8-20-32/h1-30H. The van der Waals surface area contributed by atoms with E-state index in [4.69, 9.17) is 15.0 Å². The second kappa shape index (κ2) is 12.2. The normalized spacial score (nSPS) is 11.7. The van der Waals surface area contributed by atoms with Gasteiger partial charge in [0, 0.05) is 44.0 Å². The average molecular weight is 707 g/mol. The van der Waals surface area contributed by atoms with Gasteiger partial charge in [0.1, 0.15) is 0 Å². The highest BCUT2D eigenvalue weighted by Crippen LogP contribution is 2.43. The number of aromatic nitrogens is 6. The summed E-state index contributed by atoms with van der Waals surface area (Å²) in [6.07, 6.45) is 0. The molecule has 55 heavy (non-hydrogen) atoms. The lowest BCUT2D eigenvalue weighted by Gasteiger charge is -2.14. The highest BCUT2D eigenvalue weighted by Gasteiger charge is 2.26. The minimum absolute atomic E-state index is 0.0817. The molecule has 4 heterocycles. The summed E-state index contributed by atoms with van der Waals surface area (Å²) in [6.45, 7) is 0. The van der Waals surface area contributed by atoms with Gasteiger partial charge in [0.15, 0.2) is 11.6 Å². The van der Waals surface area contributed by atoms with Gasteiger partial charge in [0.05, 0.1) is 33.0 Å². The molecule has 4 aromatic heterocycles. The number of nitrogens with zero attached hydrogens (tertiary/aromatic N) is 6. The minimum atomic E-state index is -0.0817. The molecule has 0 atom stereocenters. The third-order valence-corrected chi connectivity index (χ3v) is 10.5. The zero-order valence-corrected chi connectivity index (χ0v) is 29.4. The minimum Gasteiger partial charge on any atom is -0.308 e. The number of hydrogen-bond acceptors (Lipinski definition) is 4. The fourth-order valence-corrected chi connectivity index (χ4v) is 8.18. The van der Waals surface area contributed by atoms with E-state index < -0.39 is 0 Å². The van der Waals surface area contributed by atoms with Gasteiger partial charge in [0.2, 0.25) is 5.95 Å². The summed E-state index contributed by atoms with van der Waals surface area (Å²) in [4.78, 5) is 30.6. The Bertz CT molecular complexity index is 3260. The number of rotatable bonds is 5. The Morgan fingerprint density at radius 1 is 0.345 bits per heavy atom. The van der Waals surface area contributed by atoms with E-state index in [1.165, 1.54) is 0 Å². The smallest absolute Gasteiger partial charge is 0.265 e. The van der Waals surface area contributed by atoms with Crippen LogP contribution in [0.4, 0.5) is 0 Å². The van der Waals surface area contributed by atoms with Gasteiger partial charge in [-0.3, -0.25) is 13.9 Å². The van der Waals surface area contributed by atoms with Crippen molar-refractivity contribution in [3.8, 4) is 40.1 Å². The van der Waals surface area contributed by atoms with Gasteiger partial charge in [-0.2, -0.15) is 9.97 Å². The second-order valence-electron chi connectivity index (χ2n) is 13.6. The van der Waals surface area contributed by atoms with Crippen LogP contribution in [0.3, 0.4) is 0 Å². The molecule has 258 valence electrons. The van der Waals surface area contributed by atoms with Crippen LogP contribution in [0.2, 0.25) is 0 Å². The molecule has 7 aromatic carbocycles. The first-order valence-corrected chi connectivity index (χ1v) is 18.3. The molecule has 0 aliphatic heterocycles. The largest absolute Gasteiger partial charge is 0.308 e. The zero-order valence-electron chi connectivity index (χ0n) is 29.4. The number of fused-ring (bicyclic) bond motifs is 9. The van der Waals surface area contributed by atoms with Crippen LogP contribution in [0, 0.1) is 0 Å². The van der Waals surface area contributed by atoms with Crippen molar-refractivity contribution in [2.45, 2.75) is 0 Å². The maximum atomic E-state index is 15.4. The van der Waals surface area contributed by atoms with E-state index in [1.807, 2.05) is 138 Å². The number of para-hydroxylation sites is 4. The van der Waals surface area contributed by atoms with Crippen molar-refractivity contribution >= 4 is 54.5 Å². The maximum Gasteiger partial charge on any atom is 0.265 e. The maximum absolute atomic E-state index is 15.4. The molecule has 0 amide bonds. The van der Waals surface area contributed by atoms with E-state index in [0.29, 0.717) is 23.0 Å². The molecule has 0 aliphatic rings. The van der Waals surface area contributed by atoms with Crippen LogP contribution < -0.4 is 5.56 Å². The van der Waals surface area contributed by atoms with Crippen LogP contribution in [-0.2, 0) is 0 Å². The summed E-state index contributed by atoms with van der Waals surface area (Å²) in [5.41, 5.74) is 7.97. The summed E-state index contributed by atoms with van der Waals surface area (Å²) in [7, 11) is 0. The second-order valence-corrected chi connectivity index (χ2v) is 13.6. The van der Waals surface area contributed by atoms with Crippen LogP contribution in [0.1, 0.15) is 0 Å². The SMILES string of the molecule is O=c1c2c3c4c5ccccc5n(-c5nc(-c6ccccc6)nc(-c6ccccc6)n5)c4ccc3n(-c3ccccc3)c2c2ccccc2n1-c1ccccc1. The first kappa shape index (κ1) is 30.9. The van der Waals surface area contributed by atoms with Gasteiger partial charge in [-0.25, -0.2) is 4.98 Å². The molecule has 11 rings (SSSR count). The van der Waals surface area contributed by atoms with Crippen molar-refractivity contribution in [1.82, 2.24) is 28.7 Å². The van der Waals surface area contributed by atoms with Gasteiger partial charge in [-0.05, 0) is 48.5 Å². The first-order chi connectivity index (χ1) is 27.2.